The molecular formula is C27H26N4O2. The average Bonchev–Trinajstić information content (AvgIpc) is 3.64. The van der Waals surface area contributed by atoms with Gasteiger partial charge in [0, 0.05) is 34.3 Å². The van der Waals surface area contributed by atoms with E-state index in [1.54, 1.807) is 18.2 Å². The first-order valence-corrected chi connectivity index (χ1v) is 11.3. The van der Waals surface area contributed by atoms with Crippen molar-refractivity contribution in [3.05, 3.63) is 82.7 Å². The van der Waals surface area contributed by atoms with Crippen molar-refractivity contribution in [2.75, 3.05) is 5.32 Å². The first kappa shape index (κ1) is 21.1. The van der Waals surface area contributed by atoms with Crippen molar-refractivity contribution in [2.24, 2.45) is 0 Å². The second-order valence-corrected chi connectivity index (χ2v) is 8.88. The van der Waals surface area contributed by atoms with E-state index >= 15 is 0 Å². The van der Waals surface area contributed by atoms with E-state index in [-0.39, 0.29) is 11.6 Å². The van der Waals surface area contributed by atoms with E-state index in [1.807, 2.05) is 32.9 Å². The van der Waals surface area contributed by atoms with Gasteiger partial charge in [0.2, 0.25) is 0 Å². The first-order valence-electron chi connectivity index (χ1n) is 11.3. The standard InChI is InChI=1S/C27H26N4O2/c1-15-12-20(16(2)28-24-7-5-4-6-19(24)27(32)33)22-14-21(17(3)29-26(22)13-15)25-11-10-23(30-31-25)18-8-9-18/h4-7,10-14,16,18,28H,8-9H2,1-3H3,(H,32,33)/t16-/m1/s1. The number of aromatic carboxylic acids is 1. The second-order valence-electron chi connectivity index (χ2n) is 8.88. The monoisotopic (exact) mass is 438 g/mol. The van der Waals surface area contributed by atoms with E-state index < -0.39 is 5.97 Å². The Morgan fingerprint density at radius 3 is 2.55 bits per heavy atom. The Kier molecular flexibility index (Phi) is 5.29. The van der Waals surface area contributed by atoms with Crippen LogP contribution in [0.25, 0.3) is 22.2 Å². The fraction of sp³-hybridized carbons (Fsp3) is 0.259. The van der Waals surface area contributed by atoms with E-state index in [4.69, 9.17) is 4.98 Å². The molecule has 1 aliphatic rings. The number of nitrogens with zero attached hydrogens (tertiary/aromatic N) is 3. The lowest BCUT2D eigenvalue weighted by Crippen LogP contribution is -2.11. The molecular weight excluding hydrogens is 412 g/mol. The molecule has 0 bridgehead atoms. The summed E-state index contributed by atoms with van der Waals surface area (Å²) >= 11 is 0. The first-order chi connectivity index (χ1) is 15.9. The molecule has 2 N–H and O–H groups in total. The van der Waals surface area contributed by atoms with Gasteiger partial charge in [-0.15, -0.1) is 0 Å². The van der Waals surface area contributed by atoms with Gasteiger partial charge in [-0.05, 0) is 81.1 Å². The quantitative estimate of drug-likeness (QED) is 0.381. The second kappa shape index (κ2) is 8.28. The van der Waals surface area contributed by atoms with Crippen LogP contribution in [0.15, 0.2) is 54.6 Å². The molecule has 2 aromatic heterocycles. The summed E-state index contributed by atoms with van der Waals surface area (Å²) < 4.78 is 0. The lowest BCUT2D eigenvalue weighted by molar-refractivity contribution is 0.0698. The van der Waals surface area contributed by atoms with Crippen LogP contribution in [0.1, 0.15) is 64.6 Å². The molecule has 1 aliphatic carbocycles. The fourth-order valence-corrected chi connectivity index (χ4v) is 4.35. The highest BCUT2D eigenvalue weighted by Gasteiger charge is 2.25. The molecule has 0 amide bonds. The molecule has 4 aromatic rings. The summed E-state index contributed by atoms with van der Waals surface area (Å²) in [7, 11) is 0. The lowest BCUT2D eigenvalue weighted by atomic mass is 9.96. The summed E-state index contributed by atoms with van der Waals surface area (Å²) in [6.45, 7) is 6.09. The minimum atomic E-state index is -0.952. The van der Waals surface area contributed by atoms with E-state index in [1.165, 1.54) is 12.8 Å². The van der Waals surface area contributed by atoms with Crippen molar-refractivity contribution >= 4 is 22.6 Å². The van der Waals surface area contributed by atoms with Gasteiger partial charge in [0.1, 0.15) is 0 Å². The van der Waals surface area contributed by atoms with Crippen LogP contribution in [0.4, 0.5) is 5.69 Å². The predicted molar refractivity (Wildman–Crippen MR) is 130 cm³/mol. The highest BCUT2D eigenvalue weighted by Crippen LogP contribution is 2.39. The minimum Gasteiger partial charge on any atom is -0.478 e. The van der Waals surface area contributed by atoms with Gasteiger partial charge in [0.25, 0.3) is 0 Å². The van der Waals surface area contributed by atoms with E-state index in [0.29, 0.717) is 11.6 Å². The fourth-order valence-electron chi connectivity index (χ4n) is 4.35. The molecule has 5 rings (SSSR count). The number of aromatic nitrogens is 3. The minimum absolute atomic E-state index is 0.131. The zero-order valence-electron chi connectivity index (χ0n) is 19.0. The normalized spacial score (nSPS) is 14.3. The maximum atomic E-state index is 11.7. The Hall–Kier alpha value is -3.80. The number of anilines is 1. The number of nitrogens with one attached hydrogen (secondary N) is 1. The molecule has 6 heteroatoms. The molecule has 1 fully saturated rings. The van der Waals surface area contributed by atoms with Gasteiger partial charge in [-0.3, -0.25) is 4.98 Å². The van der Waals surface area contributed by atoms with E-state index in [9.17, 15) is 9.90 Å². The molecule has 33 heavy (non-hydrogen) atoms. The average molecular weight is 439 g/mol. The SMILES string of the molecule is Cc1cc([C@@H](C)Nc2ccccc2C(=O)O)c2cc(-c3ccc(C4CC4)nn3)c(C)nc2c1. The van der Waals surface area contributed by atoms with Gasteiger partial charge in [-0.25, -0.2) is 4.79 Å². The van der Waals surface area contributed by atoms with Gasteiger partial charge in [-0.2, -0.15) is 10.2 Å². The maximum Gasteiger partial charge on any atom is 0.337 e. The predicted octanol–water partition coefficient (Wildman–Crippen LogP) is 6.06. The summed E-state index contributed by atoms with van der Waals surface area (Å²) in [5.41, 5.74) is 7.66. The molecule has 2 aromatic carbocycles. The Balaban J connectivity index is 1.57. The van der Waals surface area contributed by atoms with Crippen molar-refractivity contribution in [1.29, 1.82) is 0 Å². The number of hydrogen-bond donors (Lipinski definition) is 2. The van der Waals surface area contributed by atoms with Crippen molar-refractivity contribution in [1.82, 2.24) is 15.2 Å². The highest BCUT2D eigenvalue weighted by atomic mass is 16.4. The molecule has 0 aliphatic heterocycles. The number of benzene rings is 2. The van der Waals surface area contributed by atoms with Crippen LogP contribution < -0.4 is 5.32 Å². The van der Waals surface area contributed by atoms with Crippen molar-refractivity contribution < 1.29 is 9.90 Å². The number of para-hydroxylation sites is 1. The molecule has 6 nitrogen and oxygen atoms in total. The van der Waals surface area contributed by atoms with Gasteiger partial charge < -0.3 is 10.4 Å². The summed E-state index contributed by atoms with van der Waals surface area (Å²) in [5.74, 6) is -0.384. The number of pyridine rings is 1. The molecule has 1 saturated carbocycles. The number of carbonyl (C=O) groups is 1. The smallest absolute Gasteiger partial charge is 0.337 e. The van der Waals surface area contributed by atoms with Crippen LogP contribution in [0.3, 0.4) is 0 Å². The summed E-state index contributed by atoms with van der Waals surface area (Å²) in [6.07, 6.45) is 2.40. The topological polar surface area (TPSA) is 88.0 Å². The van der Waals surface area contributed by atoms with Crippen LogP contribution >= 0.6 is 0 Å². The zero-order valence-corrected chi connectivity index (χ0v) is 19.0. The Morgan fingerprint density at radius 2 is 1.85 bits per heavy atom. The zero-order chi connectivity index (χ0) is 23.1. The van der Waals surface area contributed by atoms with E-state index in [0.717, 1.165) is 44.7 Å². The summed E-state index contributed by atoms with van der Waals surface area (Å²) in [6, 6.07) is 17.3. The molecule has 0 unspecified atom stereocenters. The highest BCUT2D eigenvalue weighted by molar-refractivity contribution is 5.94. The number of hydrogen-bond acceptors (Lipinski definition) is 5. The molecule has 1 atom stereocenters. The third-order valence-electron chi connectivity index (χ3n) is 6.25. The summed E-state index contributed by atoms with van der Waals surface area (Å²) in [5, 5.41) is 22.9. The number of carboxylic acid groups (broad SMARTS) is 1. The lowest BCUT2D eigenvalue weighted by Gasteiger charge is -2.20. The third kappa shape index (κ3) is 4.16. The number of fused-ring (bicyclic) bond motifs is 1. The Labute approximate surface area is 192 Å². The van der Waals surface area contributed by atoms with Gasteiger partial charge in [0.05, 0.1) is 22.5 Å². The summed E-state index contributed by atoms with van der Waals surface area (Å²) in [4.78, 5) is 16.5. The van der Waals surface area contributed by atoms with Crippen molar-refractivity contribution in [3.63, 3.8) is 0 Å². The van der Waals surface area contributed by atoms with Crippen LogP contribution in [-0.2, 0) is 0 Å². The number of rotatable bonds is 6. The van der Waals surface area contributed by atoms with Crippen LogP contribution in [-0.4, -0.2) is 26.3 Å². The van der Waals surface area contributed by atoms with Crippen LogP contribution in [0, 0.1) is 13.8 Å². The molecule has 0 saturated heterocycles. The Bertz CT molecular complexity index is 1360. The van der Waals surface area contributed by atoms with Crippen molar-refractivity contribution in [2.45, 2.75) is 45.6 Å². The Morgan fingerprint density at radius 1 is 1.06 bits per heavy atom. The van der Waals surface area contributed by atoms with Gasteiger partial charge in [0.15, 0.2) is 0 Å². The van der Waals surface area contributed by atoms with Gasteiger partial charge >= 0.3 is 5.97 Å². The van der Waals surface area contributed by atoms with Crippen LogP contribution in [0.5, 0.6) is 0 Å². The van der Waals surface area contributed by atoms with Crippen LogP contribution in [0.2, 0.25) is 0 Å². The van der Waals surface area contributed by atoms with E-state index in [2.05, 4.69) is 39.8 Å². The number of aryl methyl sites for hydroxylation is 2. The molecule has 0 radical (unpaired) electrons. The maximum absolute atomic E-state index is 11.7. The largest absolute Gasteiger partial charge is 0.478 e. The molecule has 166 valence electrons. The number of carboxylic acids is 1. The molecule has 0 spiro atoms. The van der Waals surface area contributed by atoms with Gasteiger partial charge in [-0.1, -0.05) is 18.2 Å². The molecule has 2 heterocycles. The van der Waals surface area contributed by atoms with Crippen molar-refractivity contribution in [3.8, 4) is 11.3 Å². The third-order valence-corrected chi connectivity index (χ3v) is 6.25.